The van der Waals surface area contributed by atoms with Crippen molar-refractivity contribution >= 4 is 5.82 Å². The molecule has 0 bridgehead atoms. The Bertz CT molecular complexity index is 949. The largest absolute Gasteiger partial charge is 0.366 e. The van der Waals surface area contributed by atoms with E-state index in [4.69, 9.17) is 0 Å². The molecule has 0 aromatic carbocycles. The van der Waals surface area contributed by atoms with Gasteiger partial charge in [-0.05, 0) is 50.6 Å². The van der Waals surface area contributed by atoms with E-state index in [0.717, 1.165) is 62.9 Å². The van der Waals surface area contributed by atoms with Gasteiger partial charge < -0.3 is 5.32 Å². The maximum Gasteiger partial charge on any atom is 0.267 e. The fourth-order valence-electron chi connectivity index (χ4n) is 4.33. The highest BCUT2D eigenvalue weighted by atomic mass is 16.1. The third-order valence-electron chi connectivity index (χ3n) is 5.93. The van der Waals surface area contributed by atoms with E-state index in [1.165, 1.54) is 12.6 Å². The van der Waals surface area contributed by atoms with E-state index in [1.54, 1.807) is 16.9 Å². The molecular formula is C21H27N7O. The molecule has 1 unspecified atom stereocenters. The number of anilines is 1. The van der Waals surface area contributed by atoms with E-state index in [1.807, 2.05) is 0 Å². The van der Waals surface area contributed by atoms with E-state index >= 15 is 0 Å². The van der Waals surface area contributed by atoms with Crippen molar-refractivity contribution in [3.8, 4) is 6.07 Å². The van der Waals surface area contributed by atoms with Gasteiger partial charge in [0.1, 0.15) is 6.07 Å². The van der Waals surface area contributed by atoms with Gasteiger partial charge in [-0.25, -0.2) is 14.6 Å². The summed E-state index contributed by atoms with van der Waals surface area (Å²) >= 11 is 0. The van der Waals surface area contributed by atoms with Gasteiger partial charge in [-0.3, -0.25) is 9.69 Å². The first-order valence-corrected chi connectivity index (χ1v) is 10.5. The number of hydrogen-bond acceptors (Lipinski definition) is 7. The fourth-order valence-corrected chi connectivity index (χ4v) is 4.33. The molecule has 1 saturated heterocycles. The minimum absolute atomic E-state index is 0.00977. The average molecular weight is 393 g/mol. The highest BCUT2D eigenvalue weighted by Gasteiger charge is 2.23. The molecule has 1 N–H and O–H groups in total. The van der Waals surface area contributed by atoms with Crippen molar-refractivity contribution in [1.82, 2.24) is 24.6 Å². The maximum atomic E-state index is 12.5. The lowest BCUT2D eigenvalue weighted by Crippen LogP contribution is -2.46. The molecule has 2 aromatic heterocycles. The van der Waals surface area contributed by atoms with Crippen LogP contribution >= 0.6 is 0 Å². The highest BCUT2D eigenvalue weighted by Crippen LogP contribution is 2.19. The van der Waals surface area contributed by atoms with Crippen molar-refractivity contribution in [3.63, 3.8) is 0 Å². The minimum Gasteiger partial charge on any atom is -0.366 e. The second-order valence-corrected chi connectivity index (χ2v) is 7.82. The predicted octanol–water partition coefficient (Wildman–Crippen LogP) is 1.75. The van der Waals surface area contributed by atoms with Crippen LogP contribution in [0.25, 0.3) is 0 Å². The van der Waals surface area contributed by atoms with Gasteiger partial charge >= 0.3 is 0 Å². The Kier molecular flexibility index (Phi) is 6.15. The molecule has 2 aliphatic rings. The zero-order chi connectivity index (χ0) is 20.1. The summed E-state index contributed by atoms with van der Waals surface area (Å²) in [6, 6.07) is 4.20. The third-order valence-corrected chi connectivity index (χ3v) is 5.93. The molecule has 0 saturated carbocycles. The first-order valence-electron chi connectivity index (χ1n) is 10.5. The van der Waals surface area contributed by atoms with E-state index < -0.39 is 0 Å². The number of rotatable bonds is 6. The SMILES string of the molecule is N#Cc1nccnc1NCC1CCCCN1CCn1nc2c(cc1=O)CCCC2. The number of hydrogen-bond donors (Lipinski definition) is 1. The van der Waals surface area contributed by atoms with E-state index in [0.29, 0.717) is 30.6 Å². The Hall–Kier alpha value is -2.79. The summed E-state index contributed by atoms with van der Waals surface area (Å²) in [6.45, 7) is 3.12. The number of nitrogens with one attached hydrogen (secondary N) is 1. The Morgan fingerprint density at radius 3 is 2.90 bits per heavy atom. The topological polar surface area (TPSA) is 99.7 Å². The first kappa shape index (κ1) is 19.5. The van der Waals surface area contributed by atoms with Crippen molar-refractivity contribution < 1.29 is 0 Å². The lowest BCUT2D eigenvalue weighted by Gasteiger charge is -2.36. The summed E-state index contributed by atoms with van der Waals surface area (Å²) in [6.07, 6.45) is 10.8. The van der Waals surface area contributed by atoms with Gasteiger partial charge in [0, 0.05) is 37.6 Å². The van der Waals surface area contributed by atoms with Crippen LogP contribution in [-0.2, 0) is 19.4 Å². The van der Waals surface area contributed by atoms with Crippen molar-refractivity contribution in [2.24, 2.45) is 0 Å². The minimum atomic E-state index is 0.00977. The molecule has 8 nitrogen and oxygen atoms in total. The summed E-state index contributed by atoms with van der Waals surface area (Å²) in [5.74, 6) is 0.535. The second kappa shape index (κ2) is 9.14. The number of aryl methyl sites for hydroxylation is 2. The lowest BCUT2D eigenvalue weighted by atomic mass is 9.97. The van der Waals surface area contributed by atoms with Gasteiger partial charge in [0.05, 0.1) is 12.2 Å². The summed E-state index contributed by atoms with van der Waals surface area (Å²) in [5, 5.41) is 17.1. The van der Waals surface area contributed by atoms with E-state index in [-0.39, 0.29) is 5.56 Å². The molecule has 2 aromatic rings. The Balaban J connectivity index is 1.39. The van der Waals surface area contributed by atoms with Crippen LogP contribution in [0.3, 0.4) is 0 Å². The number of fused-ring (bicyclic) bond motifs is 1. The smallest absolute Gasteiger partial charge is 0.267 e. The zero-order valence-corrected chi connectivity index (χ0v) is 16.7. The number of likely N-dealkylation sites (tertiary alicyclic amines) is 1. The molecule has 3 heterocycles. The van der Waals surface area contributed by atoms with Crippen molar-refractivity contribution in [2.75, 3.05) is 25.0 Å². The molecule has 4 rings (SSSR count). The molecule has 152 valence electrons. The summed E-state index contributed by atoms with van der Waals surface area (Å²) in [4.78, 5) is 23.2. The Labute approximate surface area is 170 Å². The van der Waals surface area contributed by atoms with E-state index in [2.05, 4.69) is 31.4 Å². The number of piperidine rings is 1. The molecular weight excluding hydrogens is 366 g/mol. The van der Waals surface area contributed by atoms with Crippen LogP contribution in [0.15, 0.2) is 23.3 Å². The van der Waals surface area contributed by atoms with Gasteiger partial charge in [0.2, 0.25) is 0 Å². The van der Waals surface area contributed by atoms with Gasteiger partial charge in [0.25, 0.3) is 5.56 Å². The first-order chi connectivity index (χ1) is 14.2. The van der Waals surface area contributed by atoms with Crippen LogP contribution in [0.4, 0.5) is 5.82 Å². The standard InChI is InChI=1S/C21H27N7O/c22-14-19-21(24-9-8-23-19)25-15-17-6-3-4-10-27(17)11-12-28-20(29)13-16-5-1-2-7-18(16)26-28/h8-9,13,17H,1-7,10-12,15H2,(H,24,25). The summed E-state index contributed by atoms with van der Waals surface area (Å²) < 4.78 is 1.64. The maximum absolute atomic E-state index is 12.5. The highest BCUT2D eigenvalue weighted by molar-refractivity contribution is 5.46. The van der Waals surface area contributed by atoms with Crippen LogP contribution in [0.2, 0.25) is 0 Å². The fraction of sp³-hybridized carbons (Fsp3) is 0.571. The van der Waals surface area contributed by atoms with Crippen molar-refractivity contribution in [2.45, 2.75) is 57.5 Å². The van der Waals surface area contributed by atoms with Crippen LogP contribution in [-0.4, -0.2) is 50.3 Å². The van der Waals surface area contributed by atoms with E-state index in [9.17, 15) is 10.1 Å². The lowest BCUT2D eigenvalue weighted by molar-refractivity contribution is 0.147. The summed E-state index contributed by atoms with van der Waals surface area (Å²) in [5.41, 5.74) is 2.56. The molecule has 29 heavy (non-hydrogen) atoms. The summed E-state index contributed by atoms with van der Waals surface area (Å²) in [7, 11) is 0. The van der Waals surface area contributed by atoms with Crippen molar-refractivity contribution in [3.05, 3.63) is 45.8 Å². The Morgan fingerprint density at radius 2 is 2.00 bits per heavy atom. The molecule has 0 amide bonds. The van der Waals surface area contributed by atoms with Crippen LogP contribution in [0.1, 0.15) is 49.1 Å². The zero-order valence-electron chi connectivity index (χ0n) is 16.7. The van der Waals surface area contributed by atoms with Gasteiger partial charge in [0.15, 0.2) is 11.5 Å². The number of nitrogens with zero attached hydrogens (tertiary/aromatic N) is 6. The Morgan fingerprint density at radius 1 is 1.14 bits per heavy atom. The number of aromatic nitrogens is 4. The second-order valence-electron chi connectivity index (χ2n) is 7.82. The quantitative estimate of drug-likeness (QED) is 0.798. The molecule has 1 aliphatic heterocycles. The number of nitriles is 1. The third kappa shape index (κ3) is 4.62. The van der Waals surface area contributed by atoms with Crippen LogP contribution in [0, 0.1) is 11.3 Å². The molecule has 1 fully saturated rings. The van der Waals surface area contributed by atoms with Crippen LogP contribution in [0.5, 0.6) is 0 Å². The molecule has 0 radical (unpaired) electrons. The molecule has 1 aliphatic carbocycles. The normalized spacial score (nSPS) is 19.3. The monoisotopic (exact) mass is 393 g/mol. The van der Waals surface area contributed by atoms with Gasteiger partial charge in [-0.15, -0.1) is 0 Å². The van der Waals surface area contributed by atoms with Gasteiger partial charge in [-0.1, -0.05) is 6.42 Å². The average Bonchev–Trinajstić information content (AvgIpc) is 2.77. The van der Waals surface area contributed by atoms with Crippen LogP contribution < -0.4 is 10.9 Å². The molecule has 0 spiro atoms. The van der Waals surface area contributed by atoms with Gasteiger partial charge in [-0.2, -0.15) is 10.4 Å². The molecule has 1 atom stereocenters. The predicted molar refractivity (Wildman–Crippen MR) is 110 cm³/mol. The van der Waals surface area contributed by atoms with Crippen molar-refractivity contribution in [1.29, 1.82) is 5.26 Å². The molecule has 8 heteroatoms.